The van der Waals surface area contributed by atoms with E-state index < -0.39 is 10.8 Å². The Labute approximate surface area is 91.6 Å². The molecule has 0 saturated heterocycles. The lowest BCUT2D eigenvalue weighted by Gasteiger charge is -2.13. The van der Waals surface area contributed by atoms with Gasteiger partial charge in [0.05, 0.1) is 22.1 Å². The number of rotatable bonds is 4. The Balaban J connectivity index is 3.29. The highest BCUT2D eigenvalue weighted by molar-refractivity contribution is 6.31. The molecule has 1 aromatic rings. The van der Waals surface area contributed by atoms with E-state index in [-0.39, 0.29) is 23.9 Å². The molecule has 3 N–H and O–H groups in total. The van der Waals surface area contributed by atoms with Crippen molar-refractivity contribution in [1.29, 1.82) is 0 Å². The van der Waals surface area contributed by atoms with E-state index in [1.165, 1.54) is 12.1 Å². The first-order valence-electron chi connectivity index (χ1n) is 4.35. The molecule has 0 aliphatic rings. The summed E-state index contributed by atoms with van der Waals surface area (Å²) in [6.07, 6.45) is 0. The molecule has 1 unspecified atom stereocenters. The van der Waals surface area contributed by atoms with Crippen LogP contribution in [0.2, 0.25) is 5.02 Å². The van der Waals surface area contributed by atoms with E-state index in [0.717, 1.165) is 0 Å². The van der Waals surface area contributed by atoms with Crippen molar-refractivity contribution in [2.75, 3.05) is 13.2 Å². The molecule has 0 bridgehead atoms. The van der Waals surface area contributed by atoms with E-state index in [2.05, 4.69) is 0 Å². The van der Waals surface area contributed by atoms with Crippen molar-refractivity contribution in [2.24, 2.45) is 5.73 Å². The Kier molecular flexibility index (Phi) is 4.02. The zero-order valence-corrected chi connectivity index (χ0v) is 8.65. The van der Waals surface area contributed by atoms with Gasteiger partial charge in [0.1, 0.15) is 0 Å². The van der Waals surface area contributed by atoms with E-state index in [1.807, 2.05) is 0 Å². The summed E-state index contributed by atoms with van der Waals surface area (Å²) >= 11 is 5.85. The lowest BCUT2D eigenvalue weighted by molar-refractivity contribution is -0.385. The Morgan fingerprint density at radius 1 is 1.60 bits per heavy atom. The molecule has 0 aliphatic heterocycles. The fourth-order valence-electron chi connectivity index (χ4n) is 1.37. The predicted molar refractivity (Wildman–Crippen MR) is 57.0 cm³/mol. The van der Waals surface area contributed by atoms with Crippen LogP contribution in [0.15, 0.2) is 18.2 Å². The molecule has 1 rings (SSSR count). The summed E-state index contributed by atoms with van der Waals surface area (Å²) in [4.78, 5) is 10.2. The molecule has 15 heavy (non-hydrogen) atoms. The molecule has 0 amide bonds. The summed E-state index contributed by atoms with van der Waals surface area (Å²) in [6, 6.07) is 4.39. The van der Waals surface area contributed by atoms with Gasteiger partial charge in [-0.15, -0.1) is 0 Å². The summed E-state index contributed by atoms with van der Waals surface area (Å²) in [6.45, 7) is -0.151. The van der Waals surface area contributed by atoms with Gasteiger partial charge in [0.2, 0.25) is 0 Å². The van der Waals surface area contributed by atoms with Gasteiger partial charge >= 0.3 is 0 Å². The van der Waals surface area contributed by atoms with Gasteiger partial charge in [-0.05, 0) is 6.07 Å². The van der Waals surface area contributed by atoms with Gasteiger partial charge < -0.3 is 10.8 Å². The number of hydrogen-bond donors (Lipinski definition) is 2. The molecule has 6 heteroatoms. The van der Waals surface area contributed by atoms with Crippen LogP contribution >= 0.6 is 11.6 Å². The lowest BCUT2D eigenvalue weighted by Crippen LogP contribution is -2.17. The summed E-state index contributed by atoms with van der Waals surface area (Å²) in [5.74, 6) is -0.501. The maximum absolute atomic E-state index is 10.7. The highest BCUT2D eigenvalue weighted by atomic mass is 35.5. The van der Waals surface area contributed by atoms with Gasteiger partial charge in [-0.2, -0.15) is 0 Å². The quantitative estimate of drug-likeness (QED) is 0.602. The third-order valence-corrected chi connectivity index (χ3v) is 2.47. The van der Waals surface area contributed by atoms with E-state index in [0.29, 0.717) is 5.56 Å². The molecule has 5 nitrogen and oxygen atoms in total. The minimum Gasteiger partial charge on any atom is -0.396 e. The van der Waals surface area contributed by atoms with Crippen molar-refractivity contribution < 1.29 is 10.0 Å². The molecule has 0 spiro atoms. The van der Waals surface area contributed by atoms with E-state index in [9.17, 15) is 10.1 Å². The molecule has 0 radical (unpaired) electrons. The van der Waals surface area contributed by atoms with Crippen LogP contribution in [0.25, 0.3) is 0 Å². The van der Waals surface area contributed by atoms with E-state index >= 15 is 0 Å². The SMILES string of the molecule is NCC(CO)c1c(Cl)cccc1[N+](=O)[O-]. The fraction of sp³-hybridized carbons (Fsp3) is 0.333. The number of aliphatic hydroxyl groups is 1. The molecule has 1 aromatic carbocycles. The number of nitrogens with zero attached hydrogens (tertiary/aromatic N) is 1. The molecule has 1 atom stereocenters. The van der Waals surface area contributed by atoms with Crippen molar-refractivity contribution >= 4 is 17.3 Å². The average Bonchev–Trinajstić information content (AvgIpc) is 2.21. The number of halogens is 1. The number of nitro benzene ring substituents is 1. The number of aliphatic hydroxyl groups excluding tert-OH is 1. The number of nitro groups is 1. The Hall–Kier alpha value is -1.17. The smallest absolute Gasteiger partial charge is 0.274 e. The lowest BCUT2D eigenvalue weighted by atomic mass is 9.98. The highest BCUT2D eigenvalue weighted by Crippen LogP contribution is 2.32. The Morgan fingerprint density at radius 2 is 2.27 bits per heavy atom. The minimum absolute atomic E-state index is 0.105. The predicted octanol–water partition coefficient (Wildman–Crippen LogP) is 1.28. The first-order chi connectivity index (χ1) is 7.11. The first kappa shape index (κ1) is 11.9. The third-order valence-electron chi connectivity index (χ3n) is 2.14. The largest absolute Gasteiger partial charge is 0.396 e. The molecular formula is C9H11ClN2O3. The van der Waals surface area contributed by atoms with Crippen LogP contribution < -0.4 is 5.73 Å². The second kappa shape index (κ2) is 5.06. The van der Waals surface area contributed by atoms with Crippen molar-refractivity contribution in [3.8, 4) is 0 Å². The van der Waals surface area contributed by atoms with Gasteiger partial charge in [0, 0.05) is 18.5 Å². The maximum atomic E-state index is 10.7. The number of nitrogens with two attached hydrogens (primary N) is 1. The summed E-state index contributed by atoms with van der Waals surface area (Å²) in [5, 5.41) is 20.0. The van der Waals surface area contributed by atoms with Gasteiger partial charge in [-0.3, -0.25) is 10.1 Å². The molecule has 82 valence electrons. The van der Waals surface area contributed by atoms with Crippen LogP contribution in [0.4, 0.5) is 5.69 Å². The zero-order valence-electron chi connectivity index (χ0n) is 7.89. The minimum atomic E-state index is -0.528. The first-order valence-corrected chi connectivity index (χ1v) is 4.73. The molecule has 0 fully saturated rings. The van der Waals surface area contributed by atoms with E-state index in [1.54, 1.807) is 6.07 Å². The van der Waals surface area contributed by atoms with Crippen molar-refractivity contribution in [1.82, 2.24) is 0 Å². The van der Waals surface area contributed by atoms with Crippen LogP contribution in [-0.4, -0.2) is 23.2 Å². The highest BCUT2D eigenvalue weighted by Gasteiger charge is 2.23. The van der Waals surface area contributed by atoms with Crippen LogP contribution in [0, 0.1) is 10.1 Å². The molecule has 0 aromatic heterocycles. The Bertz CT molecular complexity index is 366. The Morgan fingerprint density at radius 3 is 2.73 bits per heavy atom. The molecule has 0 heterocycles. The molecule has 0 aliphatic carbocycles. The van der Waals surface area contributed by atoms with Gasteiger partial charge in [-0.25, -0.2) is 0 Å². The second-order valence-electron chi connectivity index (χ2n) is 3.04. The zero-order chi connectivity index (χ0) is 11.4. The normalized spacial score (nSPS) is 12.5. The van der Waals surface area contributed by atoms with Gasteiger partial charge in [0.25, 0.3) is 5.69 Å². The molecular weight excluding hydrogens is 220 g/mol. The van der Waals surface area contributed by atoms with Crippen molar-refractivity contribution in [3.05, 3.63) is 38.9 Å². The van der Waals surface area contributed by atoms with Crippen LogP contribution in [0.5, 0.6) is 0 Å². The second-order valence-corrected chi connectivity index (χ2v) is 3.45. The van der Waals surface area contributed by atoms with Crippen molar-refractivity contribution in [2.45, 2.75) is 5.92 Å². The standard InChI is InChI=1S/C9H11ClN2O3/c10-7-2-1-3-8(12(14)15)9(7)6(4-11)5-13/h1-3,6,13H,4-5,11H2. The molecule has 0 saturated carbocycles. The van der Waals surface area contributed by atoms with Crippen molar-refractivity contribution in [3.63, 3.8) is 0 Å². The third kappa shape index (κ3) is 2.44. The fourth-order valence-corrected chi connectivity index (χ4v) is 1.70. The van der Waals surface area contributed by atoms with Crippen LogP contribution in [0.3, 0.4) is 0 Å². The topological polar surface area (TPSA) is 89.4 Å². The van der Waals surface area contributed by atoms with E-state index in [4.69, 9.17) is 22.4 Å². The average molecular weight is 231 g/mol. The summed E-state index contributed by atoms with van der Waals surface area (Å²) in [7, 11) is 0. The summed E-state index contributed by atoms with van der Waals surface area (Å²) < 4.78 is 0. The van der Waals surface area contributed by atoms with Crippen LogP contribution in [-0.2, 0) is 0 Å². The van der Waals surface area contributed by atoms with Gasteiger partial charge in [0.15, 0.2) is 0 Å². The van der Waals surface area contributed by atoms with Crippen LogP contribution in [0.1, 0.15) is 11.5 Å². The maximum Gasteiger partial charge on any atom is 0.274 e. The number of benzene rings is 1. The monoisotopic (exact) mass is 230 g/mol. The number of hydrogen-bond acceptors (Lipinski definition) is 4. The summed E-state index contributed by atoms with van der Waals surface area (Å²) in [5.41, 5.74) is 5.61. The van der Waals surface area contributed by atoms with Gasteiger partial charge in [-0.1, -0.05) is 17.7 Å².